The summed E-state index contributed by atoms with van der Waals surface area (Å²) in [5, 5.41) is 3.27. The van der Waals surface area contributed by atoms with Gasteiger partial charge in [-0.15, -0.1) is 0 Å². The van der Waals surface area contributed by atoms with Gasteiger partial charge in [-0.3, -0.25) is 0 Å². The number of esters is 1. The van der Waals surface area contributed by atoms with Gasteiger partial charge in [0, 0.05) is 17.5 Å². The van der Waals surface area contributed by atoms with Crippen molar-refractivity contribution in [3.63, 3.8) is 0 Å². The molecule has 0 fully saturated rings. The summed E-state index contributed by atoms with van der Waals surface area (Å²) in [6.45, 7) is 8.60. The van der Waals surface area contributed by atoms with Gasteiger partial charge < -0.3 is 19.2 Å². The number of hydrogen-bond acceptors (Lipinski definition) is 6. The van der Waals surface area contributed by atoms with Crippen molar-refractivity contribution in [1.82, 2.24) is 5.32 Å². The molecule has 1 aromatic heterocycles. The van der Waals surface area contributed by atoms with Gasteiger partial charge in [0.05, 0.1) is 5.02 Å². The molecule has 1 aromatic carbocycles. The predicted octanol–water partition coefficient (Wildman–Crippen LogP) is 4.22. The van der Waals surface area contributed by atoms with E-state index in [2.05, 4.69) is 5.32 Å². The third-order valence-corrected chi connectivity index (χ3v) is 3.99. The highest BCUT2D eigenvalue weighted by molar-refractivity contribution is 6.33. The van der Waals surface area contributed by atoms with Crippen molar-refractivity contribution in [3.8, 4) is 5.75 Å². The second-order valence-corrected chi connectivity index (χ2v) is 7.82. The van der Waals surface area contributed by atoms with Crippen LogP contribution in [0.2, 0.25) is 5.02 Å². The number of benzene rings is 1. The molecule has 0 aliphatic heterocycles. The number of halogens is 1. The Balaban J connectivity index is 2.21. The van der Waals surface area contributed by atoms with E-state index in [4.69, 9.17) is 25.5 Å². The summed E-state index contributed by atoms with van der Waals surface area (Å²) < 4.78 is 15.6. The number of ether oxygens (including phenoxy) is 2. The molecule has 1 heterocycles. The number of rotatable bonds is 5. The van der Waals surface area contributed by atoms with Gasteiger partial charge >= 0.3 is 17.7 Å². The van der Waals surface area contributed by atoms with Gasteiger partial charge in [0.25, 0.3) is 0 Å². The number of aryl methyl sites for hydroxylation is 1. The fraction of sp³-hybridized carbons (Fsp3) is 0.450. The van der Waals surface area contributed by atoms with Crippen LogP contribution in [0, 0.1) is 0 Å². The molecule has 0 bridgehead atoms. The summed E-state index contributed by atoms with van der Waals surface area (Å²) in [6, 6.07) is 3.45. The molecule has 0 saturated carbocycles. The lowest BCUT2D eigenvalue weighted by molar-refractivity contribution is -0.136. The van der Waals surface area contributed by atoms with Crippen molar-refractivity contribution in [1.29, 1.82) is 0 Å². The van der Waals surface area contributed by atoms with Crippen LogP contribution in [0.3, 0.4) is 0 Å². The molecule has 2 aromatic rings. The molecule has 1 N–H and O–H groups in total. The largest absolute Gasteiger partial charge is 0.444 e. The topological polar surface area (TPSA) is 94.8 Å². The highest BCUT2D eigenvalue weighted by Crippen LogP contribution is 2.31. The molecule has 0 aliphatic carbocycles. The van der Waals surface area contributed by atoms with Gasteiger partial charge in [-0.2, -0.15) is 0 Å². The quantitative estimate of drug-likeness (QED) is 0.451. The van der Waals surface area contributed by atoms with Gasteiger partial charge in [0.1, 0.15) is 17.2 Å². The lowest BCUT2D eigenvalue weighted by Gasteiger charge is -2.21. The van der Waals surface area contributed by atoms with E-state index in [1.165, 1.54) is 19.1 Å². The number of fused-ring (bicyclic) bond motifs is 1. The summed E-state index contributed by atoms with van der Waals surface area (Å²) in [7, 11) is 0. The van der Waals surface area contributed by atoms with Crippen molar-refractivity contribution < 1.29 is 23.5 Å². The Morgan fingerprint density at radius 2 is 1.93 bits per heavy atom. The van der Waals surface area contributed by atoms with Crippen LogP contribution in [0.15, 0.2) is 27.4 Å². The predicted molar refractivity (Wildman–Crippen MR) is 106 cm³/mol. The standard InChI is InChI=1S/C20H24ClNO6/c1-6-7-12-8-17(23)26-15-10-16(14(21)9-13(12)15)27-18(24)11(2)22-19(25)28-20(3,4)5/h8-11H,6-7H2,1-5H3,(H,22,25)/t11-/m0/s1. The van der Waals surface area contributed by atoms with Crippen LogP contribution in [0.4, 0.5) is 4.79 Å². The third kappa shape index (κ3) is 5.73. The minimum atomic E-state index is -0.972. The van der Waals surface area contributed by atoms with Gasteiger partial charge in [-0.25, -0.2) is 14.4 Å². The van der Waals surface area contributed by atoms with E-state index >= 15 is 0 Å². The Bertz CT molecular complexity index is 944. The first-order valence-corrected chi connectivity index (χ1v) is 9.35. The second-order valence-electron chi connectivity index (χ2n) is 7.41. The molecule has 8 heteroatoms. The zero-order valence-corrected chi connectivity index (χ0v) is 17.3. The average Bonchev–Trinajstić information content (AvgIpc) is 2.54. The number of amides is 1. The highest BCUT2D eigenvalue weighted by atomic mass is 35.5. The first-order chi connectivity index (χ1) is 13.0. The Labute approximate surface area is 167 Å². The van der Waals surface area contributed by atoms with Crippen molar-refractivity contribution in [2.45, 2.75) is 59.1 Å². The molecule has 0 aliphatic rings. The van der Waals surface area contributed by atoms with E-state index in [0.29, 0.717) is 11.8 Å². The van der Waals surface area contributed by atoms with Crippen LogP contribution in [0.1, 0.15) is 46.6 Å². The SMILES string of the molecule is CCCc1cc(=O)oc2cc(OC(=O)[C@H](C)NC(=O)OC(C)(C)C)c(Cl)cc12. The maximum absolute atomic E-state index is 12.3. The molecule has 0 spiro atoms. The summed E-state index contributed by atoms with van der Waals surface area (Å²) in [6.07, 6.45) is 0.798. The van der Waals surface area contributed by atoms with E-state index in [0.717, 1.165) is 12.0 Å². The molecule has 1 amide bonds. The maximum atomic E-state index is 12.3. The van der Waals surface area contributed by atoms with Crippen LogP contribution in [-0.4, -0.2) is 23.7 Å². The Kier molecular flexibility index (Phi) is 6.72. The van der Waals surface area contributed by atoms with Gasteiger partial charge in [0.15, 0.2) is 5.75 Å². The summed E-state index contributed by atoms with van der Waals surface area (Å²) in [5.74, 6) is -0.701. The van der Waals surface area contributed by atoms with E-state index in [-0.39, 0.29) is 16.4 Å². The van der Waals surface area contributed by atoms with E-state index in [1.807, 2.05) is 6.92 Å². The lowest BCUT2D eigenvalue weighted by atomic mass is 10.1. The Morgan fingerprint density at radius 1 is 1.25 bits per heavy atom. The number of nitrogens with one attached hydrogen (secondary N) is 1. The van der Waals surface area contributed by atoms with Crippen molar-refractivity contribution in [3.05, 3.63) is 39.2 Å². The Hall–Kier alpha value is -2.54. The number of carbonyl (C=O) groups is 2. The number of hydrogen-bond donors (Lipinski definition) is 1. The maximum Gasteiger partial charge on any atom is 0.408 e. The molecule has 0 saturated heterocycles. The monoisotopic (exact) mass is 409 g/mol. The minimum Gasteiger partial charge on any atom is -0.444 e. The van der Waals surface area contributed by atoms with Crippen molar-refractivity contribution in [2.24, 2.45) is 0 Å². The second kappa shape index (κ2) is 8.65. The molecule has 1 atom stereocenters. The average molecular weight is 410 g/mol. The van der Waals surface area contributed by atoms with Gasteiger partial charge in [0.2, 0.25) is 0 Å². The Morgan fingerprint density at radius 3 is 2.54 bits per heavy atom. The molecular formula is C20H24ClNO6. The third-order valence-electron chi connectivity index (χ3n) is 3.70. The van der Waals surface area contributed by atoms with E-state index in [1.54, 1.807) is 26.8 Å². The molecule has 28 heavy (non-hydrogen) atoms. The summed E-state index contributed by atoms with van der Waals surface area (Å²) in [4.78, 5) is 35.9. The smallest absolute Gasteiger partial charge is 0.408 e. The molecule has 0 radical (unpaired) electrons. The van der Waals surface area contributed by atoms with Crippen molar-refractivity contribution >= 4 is 34.6 Å². The number of alkyl carbamates (subject to hydrolysis) is 1. The molecule has 7 nitrogen and oxygen atoms in total. The van der Waals surface area contributed by atoms with E-state index < -0.39 is 29.3 Å². The fourth-order valence-electron chi connectivity index (χ4n) is 2.52. The van der Waals surface area contributed by atoms with E-state index in [9.17, 15) is 14.4 Å². The lowest BCUT2D eigenvalue weighted by Crippen LogP contribution is -2.43. The van der Waals surface area contributed by atoms with Crippen LogP contribution >= 0.6 is 11.6 Å². The van der Waals surface area contributed by atoms with Crippen LogP contribution in [0.5, 0.6) is 5.75 Å². The van der Waals surface area contributed by atoms with Crippen LogP contribution in [-0.2, 0) is 16.0 Å². The molecule has 0 unspecified atom stereocenters. The highest BCUT2D eigenvalue weighted by Gasteiger charge is 2.23. The number of carbonyl (C=O) groups excluding carboxylic acids is 2. The summed E-state index contributed by atoms with van der Waals surface area (Å²) >= 11 is 6.25. The van der Waals surface area contributed by atoms with Gasteiger partial charge in [-0.05, 0) is 45.7 Å². The van der Waals surface area contributed by atoms with Crippen molar-refractivity contribution in [2.75, 3.05) is 0 Å². The zero-order valence-electron chi connectivity index (χ0n) is 16.6. The van der Waals surface area contributed by atoms with Crippen LogP contribution in [0.25, 0.3) is 11.0 Å². The normalized spacial score (nSPS) is 12.5. The van der Waals surface area contributed by atoms with Crippen LogP contribution < -0.4 is 15.7 Å². The zero-order chi connectivity index (χ0) is 21.1. The molecule has 152 valence electrons. The minimum absolute atomic E-state index is 0.0359. The fourth-order valence-corrected chi connectivity index (χ4v) is 2.72. The van der Waals surface area contributed by atoms with Gasteiger partial charge in [-0.1, -0.05) is 24.9 Å². The molecular weight excluding hydrogens is 386 g/mol. The molecule has 2 rings (SSSR count). The first-order valence-electron chi connectivity index (χ1n) is 8.97. The summed E-state index contributed by atoms with van der Waals surface area (Å²) in [5.41, 5.74) is -0.0942. The first kappa shape index (κ1) is 21.8.